The summed E-state index contributed by atoms with van der Waals surface area (Å²) in [5, 5.41) is 2.24. The highest BCUT2D eigenvalue weighted by molar-refractivity contribution is 6.17. The minimum atomic E-state index is -0.846. The Labute approximate surface area is 163 Å². The molecular weight excluding hydrogens is 392 g/mol. The fourth-order valence-electron chi connectivity index (χ4n) is 3.55. The molecule has 1 aromatic heterocycles. The number of hydrogen-bond acceptors (Lipinski definition) is 4. The quantitative estimate of drug-likeness (QED) is 0.628. The number of nitrogens with one attached hydrogen (secondary N) is 1. The smallest absolute Gasteiger partial charge is 0.255 e. The van der Waals surface area contributed by atoms with Gasteiger partial charge in [0.25, 0.3) is 5.91 Å². The van der Waals surface area contributed by atoms with Crippen LogP contribution in [0.3, 0.4) is 0 Å². The molecule has 28 heavy (non-hydrogen) atoms. The molecule has 144 valence electrons. The topological polar surface area (TPSA) is 79.4 Å². The predicted octanol–water partition coefficient (Wildman–Crippen LogP) is 2.53. The molecule has 0 bridgehead atoms. The van der Waals surface area contributed by atoms with E-state index in [-0.39, 0.29) is 48.3 Å². The summed E-state index contributed by atoms with van der Waals surface area (Å²) in [7, 11) is 0. The zero-order chi connectivity index (χ0) is 20.0. The lowest BCUT2D eigenvalue weighted by Crippen LogP contribution is -2.52. The lowest BCUT2D eigenvalue weighted by atomic mass is 10.0. The second-order valence-corrected chi connectivity index (χ2v) is 6.92. The van der Waals surface area contributed by atoms with E-state index in [1.807, 2.05) is 0 Å². The molecule has 0 saturated carbocycles. The SMILES string of the molecule is O=C1CCC(N2Cc3cc(-c4ncc(F)c(CCl)c4F)ccc3C2=O)C(=O)N1. The van der Waals surface area contributed by atoms with E-state index in [9.17, 15) is 23.2 Å². The summed E-state index contributed by atoms with van der Waals surface area (Å²) in [5.41, 5.74) is 1.04. The van der Waals surface area contributed by atoms with Gasteiger partial charge in [-0.25, -0.2) is 8.78 Å². The van der Waals surface area contributed by atoms with E-state index in [0.717, 1.165) is 6.20 Å². The van der Waals surface area contributed by atoms with E-state index < -0.39 is 23.6 Å². The summed E-state index contributed by atoms with van der Waals surface area (Å²) in [6, 6.07) is 3.92. The Morgan fingerprint density at radius 1 is 1.25 bits per heavy atom. The number of fused-ring (bicyclic) bond motifs is 1. The number of rotatable bonds is 3. The number of piperidine rings is 1. The highest BCUT2D eigenvalue weighted by Crippen LogP contribution is 2.32. The Balaban J connectivity index is 1.67. The molecule has 0 spiro atoms. The largest absolute Gasteiger partial charge is 0.322 e. The van der Waals surface area contributed by atoms with Gasteiger partial charge in [-0.1, -0.05) is 6.07 Å². The molecule has 1 N–H and O–H groups in total. The summed E-state index contributed by atoms with van der Waals surface area (Å²) >= 11 is 5.62. The Kier molecular flexibility index (Phi) is 4.58. The molecule has 1 saturated heterocycles. The number of benzene rings is 1. The Morgan fingerprint density at radius 3 is 2.75 bits per heavy atom. The normalized spacial score (nSPS) is 19.0. The summed E-state index contributed by atoms with van der Waals surface area (Å²) in [4.78, 5) is 41.3. The number of alkyl halides is 1. The van der Waals surface area contributed by atoms with Crippen LogP contribution in [0.1, 0.15) is 34.3 Å². The van der Waals surface area contributed by atoms with Gasteiger partial charge in [-0.3, -0.25) is 24.7 Å². The maximum atomic E-state index is 14.6. The van der Waals surface area contributed by atoms with Gasteiger partial charge in [0.2, 0.25) is 11.8 Å². The van der Waals surface area contributed by atoms with Crippen molar-refractivity contribution in [1.29, 1.82) is 0 Å². The van der Waals surface area contributed by atoms with Crippen LogP contribution in [0, 0.1) is 11.6 Å². The van der Waals surface area contributed by atoms with Crippen LogP contribution in [0.15, 0.2) is 24.4 Å². The molecule has 0 radical (unpaired) electrons. The lowest BCUT2D eigenvalue weighted by molar-refractivity contribution is -0.136. The minimum Gasteiger partial charge on any atom is -0.322 e. The molecular formula is C19H14ClF2N3O3. The monoisotopic (exact) mass is 405 g/mol. The van der Waals surface area contributed by atoms with E-state index >= 15 is 0 Å². The van der Waals surface area contributed by atoms with E-state index in [2.05, 4.69) is 10.3 Å². The van der Waals surface area contributed by atoms with Gasteiger partial charge in [0.15, 0.2) is 5.82 Å². The zero-order valence-electron chi connectivity index (χ0n) is 14.5. The second kappa shape index (κ2) is 6.94. The van der Waals surface area contributed by atoms with Crippen LogP contribution in [0.5, 0.6) is 0 Å². The fraction of sp³-hybridized carbons (Fsp3) is 0.263. The molecule has 1 unspecified atom stereocenters. The van der Waals surface area contributed by atoms with Crippen LogP contribution in [-0.2, 0) is 22.0 Å². The van der Waals surface area contributed by atoms with E-state index in [0.29, 0.717) is 16.7 Å². The standard InChI is InChI=1S/C19H14ClF2N3O3/c20-6-12-13(21)7-23-17(16(12)22)9-1-2-11-10(5-9)8-25(19(11)28)14-3-4-15(26)24-18(14)27/h1-2,5,7,14H,3-4,6,8H2,(H,24,26,27). The summed E-state index contributed by atoms with van der Waals surface area (Å²) in [6.45, 7) is 0.152. The number of aromatic nitrogens is 1. The number of halogens is 3. The van der Waals surface area contributed by atoms with Gasteiger partial charge < -0.3 is 4.90 Å². The van der Waals surface area contributed by atoms with Gasteiger partial charge in [-0.15, -0.1) is 11.6 Å². The second-order valence-electron chi connectivity index (χ2n) is 6.65. The number of imide groups is 1. The van der Waals surface area contributed by atoms with Crippen molar-refractivity contribution in [2.75, 3.05) is 0 Å². The maximum Gasteiger partial charge on any atom is 0.255 e. The van der Waals surface area contributed by atoms with Gasteiger partial charge in [-0.2, -0.15) is 0 Å². The van der Waals surface area contributed by atoms with Crippen LogP contribution < -0.4 is 5.32 Å². The van der Waals surface area contributed by atoms with Crippen molar-refractivity contribution in [2.45, 2.75) is 31.3 Å². The molecule has 3 amide bonds. The van der Waals surface area contributed by atoms with Crippen LogP contribution >= 0.6 is 11.6 Å². The Morgan fingerprint density at radius 2 is 2.04 bits per heavy atom. The number of carbonyl (C=O) groups is 3. The van der Waals surface area contributed by atoms with Crippen LogP contribution in [0.4, 0.5) is 8.78 Å². The number of pyridine rings is 1. The third-order valence-corrected chi connectivity index (χ3v) is 5.27. The van der Waals surface area contributed by atoms with Gasteiger partial charge in [0.05, 0.1) is 12.1 Å². The minimum absolute atomic E-state index is 0.0632. The molecule has 2 aliphatic heterocycles. The molecule has 9 heteroatoms. The molecule has 0 aliphatic carbocycles. The third kappa shape index (κ3) is 2.93. The van der Waals surface area contributed by atoms with Crippen molar-refractivity contribution in [2.24, 2.45) is 0 Å². The molecule has 2 aliphatic rings. The van der Waals surface area contributed by atoms with Gasteiger partial charge in [-0.05, 0) is 24.1 Å². The third-order valence-electron chi connectivity index (χ3n) is 5.00. The predicted molar refractivity (Wildman–Crippen MR) is 95.2 cm³/mol. The van der Waals surface area contributed by atoms with E-state index in [1.165, 1.54) is 17.0 Å². The highest BCUT2D eigenvalue weighted by atomic mass is 35.5. The molecule has 3 heterocycles. The maximum absolute atomic E-state index is 14.6. The zero-order valence-corrected chi connectivity index (χ0v) is 15.2. The first-order valence-corrected chi connectivity index (χ1v) is 9.11. The van der Waals surface area contributed by atoms with Crippen molar-refractivity contribution in [3.05, 3.63) is 52.7 Å². The number of amides is 3. The van der Waals surface area contributed by atoms with Crippen LogP contribution in [0.2, 0.25) is 0 Å². The Hall–Kier alpha value is -2.87. The van der Waals surface area contributed by atoms with Gasteiger partial charge >= 0.3 is 0 Å². The van der Waals surface area contributed by atoms with Crippen molar-refractivity contribution in [3.63, 3.8) is 0 Å². The van der Waals surface area contributed by atoms with E-state index in [4.69, 9.17) is 11.6 Å². The highest BCUT2D eigenvalue weighted by Gasteiger charge is 2.39. The first kappa shape index (κ1) is 18.5. The summed E-state index contributed by atoms with van der Waals surface area (Å²) < 4.78 is 28.2. The van der Waals surface area contributed by atoms with Crippen molar-refractivity contribution < 1.29 is 23.2 Å². The fourth-order valence-corrected chi connectivity index (χ4v) is 3.79. The first-order valence-electron chi connectivity index (χ1n) is 8.57. The molecule has 1 fully saturated rings. The van der Waals surface area contributed by atoms with Gasteiger partial charge in [0, 0.05) is 29.7 Å². The van der Waals surface area contributed by atoms with Gasteiger partial charge in [0.1, 0.15) is 17.6 Å². The van der Waals surface area contributed by atoms with Crippen molar-refractivity contribution in [3.8, 4) is 11.3 Å². The van der Waals surface area contributed by atoms with Crippen molar-refractivity contribution in [1.82, 2.24) is 15.2 Å². The average molecular weight is 406 g/mol. The van der Waals surface area contributed by atoms with Crippen LogP contribution in [-0.4, -0.2) is 33.6 Å². The average Bonchev–Trinajstić information content (AvgIpc) is 2.98. The summed E-state index contributed by atoms with van der Waals surface area (Å²) in [5.74, 6) is -3.20. The lowest BCUT2D eigenvalue weighted by Gasteiger charge is -2.29. The van der Waals surface area contributed by atoms with E-state index in [1.54, 1.807) is 6.07 Å². The summed E-state index contributed by atoms with van der Waals surface area (Å²) in [6.07, 6.45) is 1.32. The number of nitrogens with zero attached hydrogens (tertiary/aromatic N) is 2. The number of carbonyl (C=O) groups excluding carboxylic acids is 3. The molecule has 2 aromatic rings. The molecule has 6 nitrogen and oxygen atoms in total. The van der Waals surface area contributed by atoms with Crippen molar-refractivity contribution >= 4 is 29.3 Å². The Bertz CT molecular complexity index is 1030. The number of hydrogen-bond donors (Lipinski definition) is 1. The van der Waals surface area contributed by atoms with Crippen LogP contribution in [0.25, 0.3) is 11.3 Å². The first-order chi connectivity index (χ1) is 13.4. The molecule has 1 atom stereocenters. The molecule has 4 rings (SSSR count). The molecule has 1 aromatic carbocycles.